The molecule has 2 fully saturated rings. The summed E-state index contributed by atoms with van der Waals surface area (Å²) in [6.07, 6.45) is 6.70. The van der Waals surface area contributed by atoms with E-state index in [9.17, 15) is 4.79 Å². The number of ether oxygens (including phenoxy) is 2. The van der Waals surface area contributed by atoms with Crippen LogP contribution in [0.2, 0.25) is 25.7 Å². The number of carbonyl (C=O) groups is 1. The Balaban J connectivity index is 1.25. The molecule has 9 nitrogen and oxygen atoms in total. The van der Waals surface area contributed by atoms with Crippen LogP contribution in [-0.4, -0.2) is 65.6 Å². The van der Waals surface area contributed by atoms with Crippen LogP contribution in [-0.2, 0) is 33.8 Å². The van der Waals surface area contributed by atoms with Crippen molar-refractivity contribution in [2.45, 2.75) is 71.4 Å². The van der Waals surface area contributed by atoms with E-state index in [4.69, 9.17) is 19.6 Å². The Kier molecular flexibility index (Phi) is 6.99. The molecule has 4 heterocycles. The van der Waals surface area contributed by atoms with Crippen molar-refractivity contribution in [1.29, 1.82) is 0 Å². The summed E-state index contributed by atoms with van der Waals surface area (Å²) in [7, 11) is 0.621. The molecule has 214 valence electrons. The Bertz CT molecular complexity index is 1450. The number of amides is 1. The van der Waals surface area contributed by atoms with E-state index in [1.165, 1.54) is 17.7 Å². The van der Waals surface area contributed by atoms with Crippen LogP contribution in [0.15, 0.2) is 24.4 Å². The average molecular weight is 563 g/mol. The number of aromatic nitrogens is 5. The van der Waals surface area contributed by atoms with E-state index >= 15 is 0 Å². The summed E-state index contributed by atoms with van der Waals surface area (Å²) < 4.78 is 13.6. The average Bonchev–Trinajstić information content (AvgIpc) is 3.24. The van der Waals surface area contributed by atoms with Gasteiger partial charge in [-0.25, -0.2) is 14.6 Å². The maximum atomic E-state index is 13.2. The highest BCUT2D eigenvalue weighted by Gasteiger charge is 2.54. The van der Waals surface area contributed by atoms with Crippen molar-refractivity contribution in [2.24, 2.45) is 17.3 Å². The topological polar surface area (TPSA) is 98.2 Å². The quantitative estimate of drug-likeness (QED) is 0.219. The normalized spacial score (nSPS) is 22.7. The highest BCUT2D eigenvalue weighted by Crippen LogP contribution is 2.60. The number of pyridine rings is 1. The number of nitrogens with zero attached hydrogens (tertiary/aromatic N) is 5. The van der Waals surface area contributed by atoms with E-state index in [0.29, 0.717) is 53.7 Å². The molecule has 1 N–H and O–H groups in total. The van der Waals surface area contributed by atoms with Crippen molar-refractivity contribution in [2.75, 3.05) is 31.8 Å². The fourth-order valence-corrected chi connectivity index (χ4v) is 6.93. The van der Waals surface area contributed by atoms with E-state index in [1.54, 1.807) is 18.1 Å². The predicted molar refractivity (Wildman–Crippen MR) is 159 cm³/mol. The molecule has 0 aromatic carbocycles. The van der Waals surface area contributed by atoms with E-state index < -0.39 is 8.07 Å². The van der Waals surface area contributed by atoms with Gasteiger partial charge in [0, 0.05) is 51.8 Å². The van der Waals surface area contributed by atoms with Crippen molar-refractivity contribution in [3.05, 3.63) is 35.7 Å². The zero-order valence-electron chi connectivity index (χ0n) is 24.5. The molecule has 1 aliphatic heterocycles. The SMILES string of the molecule is C=C(C(=O)N(C)c1cnc2[nH]c(-c3nn(COCC[Si](C)(C)C)c4c3C[C@@H]3C[C@]3(C)C4)nc2c1)C1CCOCC1. The van der Waals surface area contributed by atoms with E-state index in [1.807, 2.05) is 6.07 Å². The second kappa shape index (κ2) is 10.2. The van der Waals surface area contributed by atoms with Gasteiger partial charge in [0.1, 0.15) is 17.9 Å². The molecule has 1 saturated carbocycles. The van der Waals surface area contributed by atoms with Crippen LogP contribution in [0.5, 0.6) is 0 Å². The number of carbonyl (C=O) groups excluding carboxylic acids is 1. The summed E-state index contributed by atoms with van der Waals surface area (Å²) in [5.74, 6) is 1.51. The summed E-state index contributed by atoms with van der Waals surface area (Å²) in [5, 5.41) is 5.03. The Labute approximate surface area is 237 Å². The number of nitrogens with one attached hydrogen (secondary N) is 1. The molecule has 3 aromatic rings. The van der Waals surface area contributed by atoms with Crippen LogP contribution < -0.4 is 4.90 Å². The lowest BCUT2D eigenvalue weighted by molar-refractivity contribution is -0.115. The number of rotatable bonds is 9. The molecular formula is C30H42N6O3Si. The Morgan fingerprint density at radius 3 is 2.85 bits per heavy atom. The van der Waals surface area contributed by atoms with Crippen LogP contribution in [0.25, 0.3) is 22.7 Å². The van der Waals surface area contributed by atoms with Gasteiger partial charge >= 0.3 is 0 Å². The molecule has 0 radical (unpaired) electrons. The molecule has 1 saturated heterocycles. The Morgan fingerprint density at radius 2 is 2.10 bits per heavy atom. The lowest BCUT2D eigenvalue weighted by Gasteiger charge is -2.26. The van der Waals surface area contributed by atoms with Crippen LogP contribution in [0, 0.1) is 17.3 Å². The lowest BCUT2D eigenvalue weighted by atomic mass is 9.87. The number of fused-ring (bicyclic) bond motifs is 3. The summed E-state index contributed by atoms with van der Waals surface area (Å²) in [5.41, 5.74) is 6.57. The number of hydrogen-bond acceptors (Lipinski definition) is 6. The fraction of sp³-hybridized carbons (Fsp3) is 0.600. The van der Waals surface area contributed by atoms with Crippen LogP contribution >= 0.6 is 0 Å². The number of anilines is 1. The highest BCUT2D eigenvalue weighted by atomic mass is 28.3. The predicted octanol–water partition coefficient (Wildman–Crippen LogP) is 5.20. The molecule has 3 aromatic heterocycles. The molecule has 6 rings (SSSR count). The van der Waals surface area contributed by atoms with Crippen molar-refractivity contribution in [1.82, 2.24) is 24.7 Å². The second-order valence-corrected chi connectivity index (χ2v) is 19.1. The molecule has 40 heavy (non-hydrogen) atoms. The molecule has 0 unspecified atom stereocenters. The van der Waals surface area contributed by atoms with Crippen molar-refractivity contribution in [3.63, 3.8) is 0 Å². The molecule has 10 heteroatoms. The first-order chi connectivity index (χ1) is 19.0. The minimum Gasteiger partial charge on any atom is -0.381 e. The molecule has 0 bridgehead atoms. The van der Waals surface area contributed by atoms with Gasteiger partial charge in [-0.05, 0) is 61.5 Å². The smallest absolute Gasteiger partial charge is 0.253 e. The number of aromatic amines is 1. The number of imidazole rings is 1. The first-order valence-corrected chi connectivity index (χ1v) is 18.3. The summed E-state index contributed by atoms with van der Waals surface area (Å²) in [6, 6.07) is 3.05. The van der Waals surface area contributed by atoms with E-state index in [0.717, 1.165) is 49.9 Å². The minimum absolute atomic E-state index is 0.0850. The number of hydrogen-bond donors (Lipinski definition) is 1. The highest BCUT2D eigenvalue weighted by molar-refractivity contribution is 6.76. The number of likely N-dealkylation sites (N-methyl/N-ethyl adjacent to an activating group) is 1. The monoisotopic (exact) mass is 562 g/mol. The maximum Gasteiger partial charge on any atom is 0.253 e. The zero-order chi connectivity index (χ0) is 28.2. The van der Waals surface area contributed by atoms with Crippen molar-refractivity contribution in [3.8, 4) is 11.5 Å². The van der Waals surface area contributed by atoms with Crippen LogP contribution in [0.1, 0.15) is 37.4 Å². The minimum atomic E-state index is -1.15. The Morgan fingerprint density at radius 1 is 1.32 bits per heavy atom. The summed E-state index contributed by atoms with van der Waals surface area (Å²) in [4.78, 5) is 27.8. The third kappa shape index (κ3) is 5.28. The lowest BCUT2D eigenvalue weighted by Crippen LogP contribution is -2.32. The molecule has 2 atom stereocenters. The molecular weight excluding hydrogens is 520 g/mol. The largest absolute Gasteiger partial charge is 0.381 e. The van der Waals surface area contributed by atoms with Crippen LogP contribution in [0.3, 0.4) is 0 Å². The van der Waals surface area contributed by atoms with E-state index in [-0.39, 0.29) is 11.8 Å². The van der Waals surface area contributed by atoms with Gasteiger partial charge < -0.3 is 19.4 Å². The van der Waals surface area contributed by atoms with Gasteiger partial charge in [-0.1, -0.05) is 33.1 Å². The maximum absolute atomic E-state index is 13.2. The molecule has 3 aliphatic rings. The summed E-state index contributed by atoms with van der Waals surface area (Å²) in [6.45, 7) is 16.2. The summed E-state index contributed by atoms with van der Waals surface area (Å²) >= 11 is 0. The van der Waals surface area contributed by atoms with Crippen molar-refractivity contribution < 1.29 is 14.3 Å². The van der Waals surface area contributed by atoms with Gasteiger partial charge in [-0.3, -0.25) is 4.79 Å². The van der Waals surface area contributed by atoms with Crippen LogP contribution in [0.4, 0.5) is 5.69 Å². The number of H-pyrrole nitrogens is 1. The van der Waals surface area contributed by atoms with Gasteiger partial charge in [0.15, 0.2) is 11.5 Å². The van der Waals surface area contributed by atoms with Crippen molar-refractivity contribution >= 4 is 30.8 Å². The second-order valence-electron chi connectivity index (χ2n) is 13.5. The fourth-order valence-electron chi connectivity index (χ4n) is 6.17. The third-order valence-electron chi connectivity index (χ3n) is 9.16. The first-order valence-electron chi connectivity index (χ1n) is 14.6. The van der Waals surface area contributed by atoms with Gasteiger partial charge in [0.2, 0.25) is 0 Å². The Hall–Kier alpha value is -2.82. The zero-order valence-corrected chi connectivity index (χ0v) is 25.5. The molecule has 2 aliphatic carbocycles. The van der Waals surface area contributed by atoms with Gasteiger partial charge in [-0.15, -0.1) is 0 Å². The van der Waals surface area contributed by atoms with Gasteiger partial charge in [0.25, 0.3) is 5.91 Å². The third-order valence-corrected chi connectivity index (χ3v) is 10.9. The first kappa shape index (κ1) is 27.4. The van der Waals surface area contributed by atoms with Gasteiger partial charge in [-0.2, -0.15) is 5.10 Å². The van der Waals surface area contributed by atoms with E-state index in [2.05, 4.69) is 47.8 Å². The molecule has 0 spiro atoms. The standard InChI is InChI=1S/C30H42N6O3Si/c1-19(20-7-9-38-10-8-20)29(37)35(3)22-14-24-27(31-17-22)33-28(32-24)26-23-13-21-15-30(21,2)16-25(23)36(34-26)18-39-11-12-40(4,5)6/h14,17,20-21H,1,7-13,15-16,18H2,2-6H3,(H,31,32,33)/t21-,30-/m1/s1. The molecule has 1 amide bonds. The van der Waals surface area contributed by atoms with Gasteiger partial charge in [0.05, 0.1) is 11.9 Å².